The molecule has 0 bridgehead atoms. The Morgan fingerprint density at radius 2 is 1.80 bits per heavy atom. The first-order valence-electron chi connectivity index (χ1n) is 11.6. The maximum atomic E-state index is 13.8. The van der Waals surface area contributed by atoms with Crippen LogP contribution in [0.15, 0.2) is 90.6 Å². The van der Waals surface area contributed by atoms with Gasteiger partial charge in [0.1, 0.15) is 16.8 Å². The van der Waals surface area contributed by atoms with E-state index < -0.39 is 38.1 Å². The number of thioether (sulfide) groups is 1. The number of ether oxygens (including phenoxy) is 1. The first-order chi connectivity index (χ1) is 19.4. The van der Waals surface area contributed by atoms with Crippen LogP contribution in [0.25, 0.3) is 11.3 Å². The number of benzene rings is 2. The van der Waals surface area contributed by atoms with Crippen molar-refractivity contribution in [1.29, 1.82) is 5.26 Å². The van der Waals surface area contributed by atoms with Gasteiger partial charge in [-0.15, -0.1) is 11.8 Å². The van der Waals surface area contributed by atoms with E-state index in [1.165, 1.54) is 25.3 Å². The van der Waals surface area contributed by atoms with Crippen molar-refractivity contribution in [2.75, 3.05) is 19.4 Å². The number of aromatic nitrogens is 1. The molecule has 8 nitrogen and oxygen atoms in total. The first-order valence-corrected chi connectivity index (χ1v) is 14.9. The molecular weight excluding hydrogens is 647 g/mol. The second-order valence-electron chi connectivity index (χ2n) is 8.25. The molecule has 1 amide bonds. The van der Waals surface area contributed by atoms with Crippen LogP contribution in [0.2, 0.25) is 0 Å². The van der Waals surface area contributed by atoms with E-state index in [1.54, 1.807) is 42.5 Å². The van der Waals surface area contributed by atoms with E-state index in [2.05, 4.69) is 26.2 Å². The number of amides is 1. The largest absolute Gasteiger partial charge is 0.497 e. The van der Waals surface area contributed by atoms with Crippen LogP contribution in [0.1, 0.15) is 21.7 Å². The summed E-state index contributed by atoms with van der Waals surface area (Å²) in [6.07, 6.45) is -4.80. The van der Waals surface area contributed by atoms with Gasteiger partial charge in [0.25, 0.3) is 5.91 Å². The van der Waals surface area contributed by atoms with E-state index in [0.717, 1.165) is 23.9 Å². The molecule has 14 heteroatoms. The standard InChI is InChI=1S/C27H19BrF3N3O5S2/c1-38-18-6-2-16(3-7-18)22-14-21(27(29,30)31)20(15-32)26(34-22)40-13-12-33-25(35)23-10-11-24(39-23)41(36,37)19-8-4-17(28)5-9-19/h2-11,14H,12-13H2,1H3,(H,33,35). The molecule has 41 heavy (non-hydrogen) atoms. The fraction of sp³-hybridized carbons (Fsp3) is 0.148. The Hall–Kier alpha value is -3.80. The maximum absolute atomic E-state index is 13.8. The number of nitriles is 1. The highest BCUT2D eigenvalue weighted by molar-refractivity contribution is 9.10. The molecule has 0 saturated carbocycles. The van der Waals surface area contributed by atoms with Crippen LogP contribution in [-0.4, -0.2) is 38.7 Å². The predicted octanol–water partition coefficient (Wildman–Crippen LogP) is 6.36. The van der Waals surface area contributed by atoms with E-state index in [1.807, 2.05) is 0 Å². The molecule has 0 aliphatic carbocycles. The number of hydrogen-bond donors (Lipinski definition) is 1. The summed E-state index contributed by atoms with van der Waals surface area (Å²) in [7, 11) is -2.53. The highest BCUT2D eigenvalue weighted by Crippen LogP contribution is 2.38. The zero-order valence-corrected chi connectivity index (χ0v) is 24.2. The minimum Gasteiger partial charge on any atom is -0.497 e. The van der Waals surface area contributed by atoms with Gasteiger partial charge in [0, 0.05) is 22.3 Å². The second kappa shape index (κ2) is 12.4. The summed E-state index contributed by atoms with van der Waals surface area (Å²) in [5, 5.41) is 11.4. The summed E-state index contributed by atoms with van der Waals surface area (Å²) in [6.45, 7) is -0.0420. The maximum Gasteiger partial charge on any atom is 0.417 e. The third kappa shape index (κ3) is 6.92. The molecular formula is C27H19BrF3N3O5S2. The summed E-state index contributed by atoms with van der Waals surface area (Å²) in [6, 6.07) is 16.9. The topological polar surface area (TPSA) is 122 Å². The quantitative estimate of drug-likeness (QED) is 0.162. The Bertz CT molecular complexity index is 1720. The third-order valence-electron chi connectivity index (χ3n) is 5.61. The number of nitrogens with zero attached hydrogens (tertiary/aromatic N) is 2. The lowest BCUT2D eigenvalue weighted by atomic mass is 10.1. The lowest BCUT2D eigenvalue weighted by Gasteiger charge is -2.14. The van der Waals surface area contributed by atoms with E-state index in [0.29, 0.717) is 15.8 Å². The van der Waals surface area contributed by atoms with E-state index in [-0.39, 0.29) is 33.7 Å². The van der Waals surface area contributed by atoms with Gasteiger partial charge in [-0.05, 0) is 66.7 Å². The summed E-state index contributed by atoms with van der Waals surface area (Å²) >= 11 is 4.09. The van der Waals surface area contributed by atoms with Crippen LogP contribution in [0.4, 0.5) is 13.2 Å². The summed E-state index contributed by atoms with van der Waals surface area (Å²) in [5.74, 6) is -0.415. The highest BCUT2D eigenvalue weighted by atomic mass is 79.9. The van der Waals surface area contributed by atoms with Gasteiger partial charge in [-0.25, -0.2) is 13.4 Å². The number of alkyl halides is 3. The zero-order valence-electron chi connectivity index (χ0n) is 21.0. The Labute approximate surface area is 245 Å². The van der Waals surface area contributed by atoms with Crippen molar-refractivity contribution in [3.8, 4) is 23.1 Å². The fourth-order valence-corrected chi connectivity index (χ4v) is 5.88. The van der Waals surface area contributed by atoms with Crippen molar-refractivity contribution in [1.82, 2.24) is 10.3 Å². The number of carbonyl (C=O) groups is 1. The van der Waals surface area contributed by atoms with Crippen molar-refractivity contribution in [2.24, 2.45) is 0 Å². The average Bonchev–Trinajstić information content (AvgIpc) is 3.46. The normalized spacial score (nSPS) is 11.6. The SMILES string of the molecule is COc1ccc(-c2cc(C(F)(F)F)c(C#N)c(SCCNC(=O)c3ccc(S(=O)(=O)c4ccc(Br)cc4)o3)n2)cc1. The molecule has 2 aromatic carbocycles. The molecule has 4 rings (SSSR count). The molecule has 4 aromatic rings. The van der Waals surface area contributed by atoms with Crippen LogP contribution in [0.5, 0.6) is 5.75 Å². The number of furan rings is 1. The summed E-state index contributed by atoms with van der Waals surface area (Å²) in [5.41, 5.74) is -1.34. The van der Waals surface area contributed by atoms with Crippen molar-refractivity contribution in [3.63, 3.8) is 0 Å². The molecule has 0 aliphatic rings. The van der Waals surface area contributed by atoms with Gasteiger partial charge in [0.05, 0.1) is 28.8 Å². The predicted molar refractivity (Wildman–Crippen MR) is 147 cm³/mol. The van der Waals surface area contributed by atoms with Crippen LogP contribution < -0.4 is 10.1 Å². The smallest absolute Gasteiger partial charge is 0.417 e. The van der Waals surface area contributed by atoms with Gasteiger partial charge in [0.15, 0.2) is 5.76 Å². The molecule has 212 valence electrons. The molecule has 0 aliphatic heterocycles. The minimum absolute atomic E-state index is 0.0145. The Morgan fingerprint density at radius 1 is 1.12 bits per heavy atom. The van der Waals surface area contributed by atoms with Crippen LogP contribution in [-0.2, 0) is 16.0 Å². The molecule has 0 spiro atoms. The van der Waals surface area contributed by atoms with Crippen LogP contribution in [0, 0.1) is 11.3 Å². The van der Waals surface area contributed by atoms with Crippen molar-refractivity contribution in [3.05, 3.63) is 88.1 Å². The van der Waals surface area contributed by atoms with E-state index in [4.69, 9.17) is 9.15 Å². The second-order valence-corrected chi connectivity index (χ2v) is 12.1. The van der Waals surface area contributed by atoms with Gasteiger partial charge in [-0.3, -0.25) is 4.79 Å². The molecule has 0 fully saturated rings. The highest BCUT2D eigenvalue weighted by Gasteiger charge is 2.36. The zero-order chi connectivity index (χ0) is 29.8. The molecule has 0 radical (unpaired) electrons. The fourth-order valence-electron chi connectivity index (χ4n) is 3.58. The first kappa shape index (κ1) is 30.2. The molecule has 1 N–H and O–H groups in total. The lowest BCUT2D eigenvalue weighted by molar-refractivity contribution is -0.138. The number of halogens is 4. The molecule has 0 saturated heterocycles. The molecule has 2 heterocycles. The summed E-state index contributed by atoms with van der Waals surface area (Å²) in [4.78, 5) is 16.8. The number of nitrogens with one attached hydrogen (secondary N) is 1. The lowest BCUT2D eigenvalue weighted by Crippen LogP contribution is -2.25. The number of rotatable bonds is 9. The number of carbonyl (C=O) groups excluding carboxylic acids is 1. The number of methoxy groups -OCH3 is 1. The van der Waals surface area contributed by atoms with Gasteiger partial charge in [-0.1, -0.05) is 15.9 Å². The third-order valence-corrected chi connectivity index (χ3v) is 8.76. The Kier molecular flexibility index (Phi) is 9.11. The van der Waals surface area contributed by atoms with Crippen molar-refractivity contribution < 1.29 is 35.5 Å². The minimum atomic E-state index is -4.80. The van der Waals surface area contributed by atoms with Crippen LogP contribution in [0.3, 0.4) is 0 Å². The van der Waals surface area contributed by atoms with E-state index >= 15 is 0 Å². The van der Waals surface area contributed by atoms with Gasteiger partial charge in [-0.2, -0.15) is 18.4 Å². The number of sulfone groups is 1. The van der Waals surface area contributed by atoms with E-state index in [9.17, 15) is 31.6 Å². The Balaban J connectivity index is 1.47. The van der Waals surface area contributed by atoms with Gasteiger partial charge < -0.3 is 14.5 Å². The molecule has 0 atom stereocenters. The monoisotopic (exact) mass is 665 g/mol. The summed E-state index contributed by atoms with van der Waals surface area (Å²) < 4.78 is 78.0. The average molecular weight is 666 g/mol. The molecule has 2 aromatic heterocycles. The number of hydrogen-bond acceptors (Lipinski definition) is 8. The van der Waals surface area contributed by atoms with Crippen LogP contribution >= 0.6 is 27.7 Å². The number of pyridine rings is 1. The van der Waals surface area contributed by atoms with Gasteiger partial charge in [0.2, 0.25) is 14.9 Å². The van der Waals surface area contributed by atoms with Crippen molar-refractivity contribution in [2.45, 2.75) is 21.2 Å². The molecule has 0 unspecified atom stereocenters. The Morgan fingerprint density at radius 3 is 2.41 bits per heavy atom. The van der Waals surface area contributed by atoms with Crippen molar-refractivity contribution >= 4 is 43.4 Å². The van der Waals surface area contributed by atoms with Gasteiger partial charge >= 0.3 is 6.18 Å².